The molecule has 3 aromatic rings. The molecule has 0 aliphatic carbocycles. The van der Waals surface area contributed by atoms with Crippen LogP contribution in [0.2, 0.25) is 0 Å². The molecule has 0 saturated carbocycles. The van der Waals surface area contributed by atoms with Gasteiger partial charge < -0.3 is 10.4 Å². The molecule has 2 unspecified atom stereocenters. The average molecular weight is 561 g/mol. The van der Waals surface area contributed by atoms with E-state index in [1.807, 2.05) is 12.1 Å². The van der Waals surface area contributed by atoms with E-state index in [1.165, 1.54) is 24.3 Å². The Labute approximate surface area is 226 Å². The van der Waals surface area contributed by atoms with Crippen molar-refractivity contribution in [3.05, 3.63) is 101 Å². The van der Waals surface area contributed by atoms with Crippen LogP contribution in [0, 0.1) is 0 Å². The Balaban J connectivity index is 1.34. The highest BCUT2D eigenvalue weighted by Gasteiger charge is 2.33. The lowest BCUT2D eigenvalue weighted by molar-refractivity contribution is -0.137. The Morgan fingerprint density at radius 3 is 2.15 bits per heavy atom. The van der Waals surface area contributed by atoms with Gasteiger partial charge in [0, 0.05) is 31.2 Å². The van der Waals surface area contributed by atoms with Gasteiger partial charge in [-0.05, 0) is 65.4 Å². The summed E-state index contributed by atoms with van der Waals surface area (Å²) in [5.41, 5.74) is 2.35. The van der Waals surface area contributed by atoms with Crippen molar-refractivity contribution in [2.45, 2.75) is 49.5 Å². The number of carbonyl (C=O) groups excluding carboxylic acids is 1. The number of amides is 1. The summed E-state index contributed by atoms with van der Waals surface area (Å²) in [6, 6.07) is 18.7. The van der Waals surface area contributed by atoms with Crippen LogP contribution in [-0.4, -0.2) is 49.3 Å². The zero-order chi connectivity index (χ0) is 28.2. The van der Waals surface area contributed by atoms with Crippen LogP contribution in [0.25, 0.3) is 0 Å². The summed E-state index contributed by atoms with van der Waals surface area (Å²) in [6.45, 7) is 2.87. The van der Waals surface area contributed by atoms with Crippen LogP contribution >= 0.6 is 0 Å². The van der Waals surface area contributed by atoms with Gasteiger partial charge in [0.15, 0.2) is 9.84 Å². The van der Waals surface area contributed by atoms with Gasteiger partial charge in [0.05, 0.1) is 22.8 Å². The second-order valence-electron chi connectivity index (χ2n) is 9.75. The first kappa shape index (κ1) is 28.8. The summed E-state index contributed by atoms with van der Waals surface area (Å²) in [7, 11) is -3.27. The zero-order valence-corrected chi connectivity index (χ0v) is 22.3. The molecule has 1 fully saturated rings. The third-order valence-corrected chi connectivity index (χ3v) is 8.92. The first-order valence-corrected chi connectivity index (χ1v) is 14.4. The molecule has 208 valence electrons. The molecule has 0 radical (unpaired) electrons. The smallest absolute Gasteiger partial charge is 0.395 e. The van der Waals surface area contributed by atoms with Crippen molar-refractivity contribution in [2.75, 3.05) is 18.9 Å². The maximum Gasteiger partial charge on any atom is 0.416 e. The van der Waals surface area contributed by atoms with Crippen molar-refractivity contribution < 1.29 is 31.5 Å². The number of rotatable bonds is 9. The molecule has 1 heterocycles. The fraction of sp³-hybridized carbons (Fsp3) is 0.345. The van der Waals surface area contributed by atoms with Gasteiger partial charge in [-0.3, -0.25) is 9.69 Å². The Hall–Kier alpha value is -3.21. The molecule has 0 bridgehead atoms. The number of aliphatic hydroxyl groups excluding tert-OH is 1. The summed E-state index contributed by atoms with van der Waals surface area (Å²) in [5.74, 6) is -0.111. The largest absolute Gasteiger partial charge is 0.416 e. The van der Waals surface area contributed by atoms with Crippen LogP contribution in [0.4, 0.5) is 13.2 Å². The molecule has 2 N–H and O–H groups in total. The molecule has 39 heavy (non-hydrogen) atoms. The van der Waals surface area contributed by atoms with Gasteiger partial charge in [-0.15, -0.1) is 0 Å². The van der Waals surface area contributed by atoms with Gasteiger partial charge >= 0.3 is 6.18 Å². The number of halogens is 3. The van der Waals surface area contributed by atoms with Gasteiger partial charge in [0.1, 0.15) is 0 Å². The van der Waals surface area contributed by atoms with E-state index in [1.54, 1.807) is 31.2 Å². The maximum absolute atomic E-state index is 12.9. The van der Waals surface area contributed by atoms with E-state index in [2.05, 4.69) is 10.2 Å². The van der Waals surface area contributed by atoms with Crippen molar-refractivity contribution in [1.29, 1.82) is 0 Å². The van der Waals surface area contributed by atoms with Gasteiger partial charge in [0.25, 0.3) is 5.91 Å². The summed E-state index contributed by atoms with van der Waals surface area (Å²) in [4.78, 5) is 15.0. The Morgan fingerprint density at radius 1 is 0.974 bits per heavy atom. The van der Waals surface area contributed by atoms with Crippen LogP contribution in [0.15, 0.2) is 77.7 Å². The summed E-state index contributed by atoms with van der Waals surface area (Å²) < 4.78 is 62.4. The number of benzene rings is 3. The Kier molecular flexibility index (Phi) is 8.78. The van der Waals surface area contributed by atoms with E-state index in [0.717, 1.165) is 28.8 Å². The number of sulfone groups is 1. The van der Waals surface area contributed by atoms with E-state index in [0.29, 0.717) is 25.1 Å². The minimum absolute atomic E-state index is 0.0256. The molecular weight excluding hydrogens is 529 g/mol. The second-order valence-corrected chi connectivity index (χ2v) is 12.0. The van der Waals surface area contributed by atoms with E-state index in [-0.39, 0.29) is 41.7 Å². The molecule has 10 heteroatoms. The average Bonchev–Trinajstić information content (AvgIpc) is 3.34. The van der Waals surface area contributed by atoms with Gasteiger partial charge in [-0.2, -0.15) is 13.2 Å². The zero-order valence-electron chi connectivity index (χ0n) is 21.5. The SMILES string of the molecule is CCS(=O)(=O)c1ccc(CNC(=O)c2ccc(C3CC(CO)N(Cc4ccc(C(F)(F)F)cc4)C3)cc2)cc1. The van der Waals surface area contributed by atoms with Crippen LogP contribution in [0.3, 0.4) is 0 Å². The lowest BCUT2D eigenvalue weighted by Crippen LogP contribution is -2.31. The topological polar surface area (TPSA) is 86.7 Å². The Bertz CT molecular complexity index is 1370. The predicted molar refractivity (Wildman–Crippen MR) is 142 cm³/mol. The highest BCUT2D eigenvalue weighted by Crippen LogP contribution is 2.34. The van der Waals surface area contributed by atoms with Crippen LogP contribution in [0.5, 0.6) is 0 Å². The fourth-order valence-corrected chi connectivity index (χ4v) is 5.70. The van der Waals surface area contributed by atoms with Crippen molar-refractivity contribution in [1.82, 2.24) is 10.2 Å². The molecule has 1 amide bonds. The maximum atomic E-state index is 12.9. The third-order valence-electron chi connectivity index (χ3n) is 7.17. The second kappa shape index (κ2) is 11.9. The van der Waals surface area contributed by atoms with Crippen molar-refractivity contribution in [3.63, 3.8) is 0 Å². The predicted octanol–water partition coefficient (Wildman–Crippen LogP) is 4.78. The number of aliphatic hydroxyl groups is 1. The number of likely N-dealkylation sites (tertiary alicyclic amines) is 1. The molecular formula is C29H31F3N2O4S. The normalized spacial score (nSPS) is 18.3. The molecule has 6 nitrogen and oxygen atoms in total. The Morgan fingerprint density at radius 2 is 1.59 bits per heavy atom. The monoisotopic (exact) mass is 560 g/mol. The van der Waals surface area contributed by atoms with E-state index in [9.17, 15) is 31.5 Å². The third kappa shape index (κ3) is 7.06. The highest BCUT2D eigenvalue weighted by atomic mass is 32.2. The fourth-order valence-electron chi connectivity index (χ4n) is 4.82. The number of alkyl halides is 3. The molecule has 4 rings (SSSR count). The molecule has 3 aromatic carbocycles. The lowest BCUT2D eigenvalue weighted by atomic mass is 9.95. The molecule has 1 aliphatic rings. The van der Waals surface area contributed by atoms with Gasteiger partial charge in [-0.25, -0.2) is 8.42 Å². The highest BCUT2D eigenvalue weighted by molar-refractivity contribution is 7.91. The number of carbonyl (C=O) groups is 1. The number of nitrogens with one attached hydrogen (secondary N) is 1. The van der Waals surface area contributed by atoms with E-state index >= 15 is 0 Å². The molecule has 2 atom stereocenters. The molecule has 1 saturated heterocycles. The summed E-state index contributed by atoms with van der Waals surface area (Å²) in [6.07, 6.45) is -3.67. The lowest BCUT2D eigenvalue weighted by Gasteiger charge is -2.22. The van der Waals surface area contributed by atoms with Crippen molar-refractivity contribution in [2.24, 2.45) is 0 Å². The minimum Gasteiger partial charge on any atom is -0.395 e. The first-order valence-electron chi connectivity index (χ1n) is 12.7. The molecule has 0 aromatic heterocycles. The molecule has 1 aliphatic heterocycles. The number of hydrogen-bond acceptors (Lipinski definition) is 5. The standard InChI is InChI=1S/C29H31F3N2O4S/c1-2-39(37,38)27-13-5-20(6-14-27)16-33-28(36)23-9-7-22(8-10-23)24-15-26(19-35)34(18-24)17-21-3-11-25(12-4-21)29(30,31)32/h3-14,24,26,35H,2,15-19H2,1H3,(H,33,36). The van der Waals surface area contributed by atoms with E-state index < -0.39 is 21.6 Å². The van der Waals surface area contributed by atoms with Crippen LogP contribution in [-0.2, 0) is 29.1 Å². The van der Waals surface area contributed by atoms with Crippen molar-refractivity contribution in [3.8, 4) is 0 Å². The minimum atomic E-state index is -4.38. The van der Waals surface area contributed by atoms with Gasteiger partial charge in [-0.1, -0.05) is 43.3 Å². The van der Waals surface area contributed by atoms with E-state index in [4.69, 9.17) is 0 Å². The van der Waals surface area contributed by atoms with Crippen LogP contribution < -0.4 is 5.32 Å². The van der Waals surface area contributed by atoms with Gasteiger partial charge in [0.2, 0.25) is 0 Å². The van der Waals surface area contributed by atoms with Crippen LogP contribution in [0.1, 0.15) is 51.9 Å². The van der Waals surface area contributed by atoms with Crippen molar-refractivity contribution >= 4 is 15.7 Å². The number of hydrogen-bond donors (Lipinski definition) is 2. The quantitative estimate of drug-likeness (QED) is 0.394. The summed E-state index contributed by atoms with van der Waals surface area (Å²) >= 11 is 0. The summed E-state index contributed by atoms with van der Waals surface area (Å²) in [5, 5.41) is 12.7. The first-order chi connectivity index (χ1) is 18.5. The molecule has 0 spiro atoms. The number of nitrogens with zero attached hydrogens (tertiary/aromatic N) is 1.